The largest absolute Gasteiger partial charge is 0.334 e. The zero-order chi connectivity index (χ0) is 16.9. The number of halogens is 1. The molecule has 24 heavy (non-hydrogen) atoms. The van der Waals surface area contributed by atoms with E-state index in [-0.39, 0.29) is 12.4 Å². The smallest absolute Gasteiger partial charge is 0.320 e. The van der Waals surface area contributed by atoms with Crippen molar-refractivity contribution in [2.24, 2.45) is 0 Å². The number of anilines is 1. The molecule has 0 saturated heterocycles. The summed E-state index contributed by atoms with van der Waals surface area (Å²) in [5.74, 6) is 1.44. The molecule has 0 spiro atoms. The van der Waals surface area contributed by atoms with Gasteiger partial charge in [0.15, 0.2) is 0 Å². The second-order valence-electron chi connectivity index (χ2n) is 5.04. The topological polar surface area (TPSA) is 84.7 Å². The molecule has 0 fully saturated rings. The van der Waals surface area contributed by atoms with Crippen LogP contribution in [-0.2, 0) is 6.54 Å². The van der Waals surface area contributed by atoms with E-state index >= 15 is 0 Å². The van der Waals surface area contributed by atoms with Crippen LogP contribution >= 0.6 is 0 Å². The van der Waals surface area contributed by atoms with Crippen molar-refractivity contribution in [3.63, 3.8) is 0 Å². The van der Waals surface area contributed by atoms with Gasteiger partial charge in [0, 0.05) is 25.0 Å². The maximum atomic E-state index is 12.8. The molecule has 0 bridgehead atoms. The first kappa shape index (κ1) is 15.6. The summed E-state index contributed by atoms with van der Waals surface area (Å²) in [6, 6.07) is 7.15. The Morgan fingerprint density at radius 1 is 1.21 bits per heavy atom. The molecule has 2 heterocycles. The van der Waals surface area contributed by atoms with E-state index in [9.17, 15) is 9.18 Å². The van der Waals surface area contributed by atoms with E-state index in [0.29, 0.717) is 11.6 Å². The number of carbonyl (C=O) groups is 1. The number of hydrogen-bond acceptors (Lipinski definition) is 4. The lowest BCUT2D eigenvalue weighted by Crippen LogP contribution is -2.28. The number of nitrogens with one attached hydrogen (secondary N) is 2. The summed E-state index contributed by atoms with van der Waals surface area (Å²) in [6.45, 7) is 2.13. The highest BCUT2D eigenvalue weighted by atomic mass is 19.1. The van der Waals surface area contributed by atoms with Crippen LogP contribution in [0.2, 0.25) is 0 Å². The lowest BCUT2D eigenvalue weighted by Gasteiger charge is -2.09. The van der Waals surface area contributed by atoms with Crippen molar-refractivity contribution >= 4 is 11.8 Å². The van der Waals surface area contributed by atoms with Crippen LogP contribution in [0.15, 0.2) is 49.1 Å². The molecule has 0 saturated carbocycles. The number of urea groups is 1. The highest BCUT2D eigenvalue weighted by Gasteiger charge is 2.07. The summed E-state index contributed by atoms with van der Waals surface area (Å²) >= 11 is 0. The zero-order valence-electron chi connectivity index (χ0n) is 12.9. The second-order valence-corrected chi connectivity index (χ2v) is 5.04. The maximum Gasteiger partial charge on any atom is 0.320 e. The molecule has 0 atom stereocenters. The van der Waals surface area contributed by atoms with Gasteiger partial charge in [0.05, 0.1) is 0 Å². The minimum absolute atomic E-state index is 0.282. The number of nitrogens with zero attached hydrogens (tertiary/aromatic N) is 4. The summed E-state index contributed by atoms with van der Waals surface area (Å²) < 4.78 is 14.6. The predicted molar refractivity (Wildman–Crippen MR) is 86.1 cm³/mol. The van der Waals surface area contributed by atoms with Crippen LogP contribution < -0.4 is 10.6 Å². The Morgan fingerprint density at radius 2 is 2.00 bits per heavy atom. The third-order valence-electron chi connectivity index (χ3n) is 3.33. The number of hydrogen-bond donors (Lipinski definition) is 2. The molecule has 3 aromatic rings. The average Bonchev–Trinajstić information content (AvgIpc) is 3.01. The van der Waals surface area contributed by atoms with E-state index in [4.69, 9.17) is 0 Å². The number of carbonyl (C=O) groups excluding carboxylic acids is 1. The summed E-state index contributed by atoms with van der Waals surface area (Å²) in [5.41, 5.74) is 0.795. The summed E-state index contributed by atoms with van der Waals surface area (Å²) in [5, 5.41) is 5.32. The third kappa shape index (κ3) is 3.72. The number of rotatable bonds is 4. The number of imidazole rings is 1. The van der Waals surface area contributed by atoms with E-state index < -0.39 is 6.03 Å². The Bertz CT molecular complexity index is 846. The van der Waals surface area contributed by atoms with Crippen LogP contribution in [0.4, 0.5) is 15.0 Å². The lowest BCUT2D eigenvalue weighted by atomic mass is 10.2. The Hall–Kier alpha value is -3.29. The predicted octanol–water partition coefficient (Wildman–Crippen LogP) is 2.43. The van der Waals surface area contributed by atoms with Gasteiger partial charge in [0.1, 0.15) is 29.6 Å². The monoisotopic (exact) mass is 326 g/mol. The SMILES string of the molecule is Cc1nccn1-c1cc(NC(=O)NCc2ccc(F)cc2)ncn1. The van der Waals surface area contributed by atoms with Crippen LogP contribution in [0.5, 0.6) is 0 Å². The summed E-state index contributed by atoms with van der Waals surface area (Å²) in [6.07, 6.45) is 4.81. The quantitative estimate of drug-likeness (QED) is 0.771. The van der Waals surface area contributed by atoms with E-state index in [2.05, 4.69) is 25.6 Å². The van der Waals surface area contributed by atoms with Gasteiger partial charge in [-0.25, -0.2) is 24.1 Å². The number of benzene rings is 1. The lowest BCUT2D eigenvalue weighted by molar-refractivity contribution is 0.251. The maximum absolute atomic E-state index is 12.8. The number of aromatic nitrogens is 4. The molecule has 7 nitrogen and oxygen atoms in total. The van der Waals surface area contributed by atoms with Crippen molar-refractivity contribution in [2.75, 3.05) is 5.32 Å². The van der Waals surface area contributed by atoms with Gasteiger partial charge < -0.3 is 5.32 Å². The Balaban J connectivity index is 1.62. The zero-order valence-corrected chi connectivity index (χ0v) is 12.9. The summed E-state index contributed by atoms with van der Waals surface area (Å²) in [7, 11) is 0. The van der Waals surface area contributed by atoms with Gasteiger partial charge in [0.2, 0.25) is 0 Å². The normalized spacial score (nSPS) is 10.4. The van der Waals surface area contributed by atoms with E-state index in [1.54, 1.807) is 35.2 Å². The van der Waals surface area contributed by atoms with Gasteiger partial charge in [-0.3, -0.25) is 9.88 Å². The van der Waals surface area contributed by atoms with Crippen LogP contribution in [0.3, 0.4) is 0 Å². The second kappa shape index (κ2) is 6.86. The van der Waals surface area contributed by atoms with Gasteiger partial charge in [0.25, 0.3) is 0 Å². The molecule has 122 valence electrons. The molecule has 0 aliphatic heterocycles. The molecule has 2 aromatic heterocycles. The van der Waals surface area contributed by atoms with E-state index in [0.717, 1.165) is 11.4 Å². The van der Waals surface area contributed by atoms with Gasteiger partial charge in [-0.2, -0.15) is 0 Å². The van der Waals surface area contributed by atoms with Crippen LogP contribution in [0.25, 0.3) is 5.82 Å². The Labute approximate surface area is 137 Å². The first-order valence-corrected chi connectivity index (χ1v) is 7.23. The fraction of sp³-hybridized carbons (Fsp3) is 0.125. The summed E-state index contributed by atoms with van der Waals surface area (Å²) in [4.78, 5) is 24.2. The third-order valence-corrected chi connectivity index (χ3v) is 3.33. The minimum Gasteiger partial charge on any atom is -0.334 e. The first-order valence-electron chi connectivity index (χ1n) is 7.23. The molecule has 2 amide bonds. The molecule has 0 unspecified atom stereocenters. The average molecular weight is 326 g/mol. The molecular formula is C16H15FN6O. The van der Waals surface area contributed by atoms with Crippen molar-refractivity contribution in [3.05, 3.63) is 66.3 Å². The van der Waals surface area contributed by atoms with Crippen LogP contribution in [0.1, 0.15) is 11.4 Å². The molecule has 0 aliphatic rings. The molecule has 2 N–H and O–H groups in total. The molecule has 3 rings (SSSR count). The van der Waals surface area contributed by atoms with Crippen molar-refractivity contribution in [2.45, 2.75) is 13.5 Å². The van der Waals surface area contributed by atoms with Gasteiger partial charge in [-0.1, -0.05) is 12.1 Å². The first-order chi connectivity index (χ1) is 11.6. The molecule has 0 aliphatic carbocycles. The molecule has 8 heteroatoms. The molecular weight excluding hydrogens is 311 g/mol. The highest BCUT2D eigenvalue weighted by molar-refractivity contribution is 5.88. The van der Waals surface area contributed by atoms with Crippen molar-refractivity contribution in [3.8, 4) is 5.82 Å². The fourth-order valence-corrected chi connectivity index (χ4v) is 2.11. The van der Waals surface area contributed by atoms with Crippen molar-refractivity contribution in [1.82, 2.24) is 24.8 Å². The van der Waals surface area contributed by atoms with Gasteiger partial charge in [-0.15, -0.1) is 0 Å². The molecule has 0 radical (unpaired) electrons. The Morgan fingerprint density at radius 3 is 2.71 bits per heavy atom. The van der Waals surface area contributed by atoms with Crippen LogP contribution in [-0.4, -0.2) is 25.6 Å². The van der Waals surface area contributed by atoms with E-state index in [1.807, 2.05) is 6.92 Å². The minimum atomic E-state index is -0.411. The fourth-order valence-electron chi connectivity index (χ4n) is 2.11. The number of amides is 2. The van der Waals surface area contributed by atoms with Crippen LogP contribution in [0, 0.1) is 12.7 Å². The number of aryl methyl sites for hydroxylation is 1. The van der Waals surface area contributed by atoms with E-state index in [1.165, 1.54) is 18.5 Å². The standard InChI is InChI=1S/C16H15FN6O/c1-11-18-6-7-23(11)15-8-14(20-10-21-15)22-16(24)19-9-12-2-4-13(17)5-3-12/h2-8,10H,9H2,1H3,(H2,19,20,21,22,24). The highest BCUT2D eigenvalue weighted by Crippen LogP contribution is 2.10. The molecule has 1 aromatic carbocycles. The Kier molecular flexibility index (Phi) is 4.46. The van der Waals surface area contributed by atoms with Crippen molar-refractivity contribution in [1.29, 1.82) is 0 Å². The van der Waals surface area contributed by atoms with Crippen molar-refractivity contribution < 1.29 is 9.18 Å². The van der Waals surface area contributed by atoms with Gasteiger partial charge >= 0.3 is 6.03 Å². The van der Waals surface area contributed by atoms with Gasteiger partial charge in [-0.05, 0) is 24.6 Å².